The Kier molecular flexibility index (Phi) is 5.38. The van der Waals surface area contributed by atoms with Crippen molar-refractivity contribution in [3.63, 3.8) is 0 Å². The molecule has 1 atom stereocenters. The van der Waals surface area contributed by atoms with Gasteiger partial charge in [-0.15, -0.1) is 13.2 Å². The number of carbonyl (C=O) groups is 1. The zero-order valence-electron chi connectivity index (χ0n) is 12.7. The van der Waals surface area contributed by atoms with Gasteiger partial charge in [-0.25, -0.2) is 8.42 Å². The van der Waals surface area contributed by atoms with Gasteiger partial charge in [-0.1, -0.05) is 0 Å². The van der Waals surface area contributed by atoms with Crippen LogP contribution in [0.15, 0.2) is 29.2 Å². The smallest absolute Gasteiger partial charge is 0.468 e. The van der Waals surface area contributed by atoms with Crippen molar-refractivity contribution in [2.45, 2.75) is 36.6 Å². The summed E-state index contributed by atoms with van der Waals surface area (Å²) < 4.78 is 71.1. The molecule has 24 heavy (non-hydrogen) atoms. The number of benzene rings is 1. The number of esters is 1. The van der Waals surface area contributed by atoms with E-state index in [4.69, 9.17) is 0 Å². The first-order valence-electron chi connectivity index (χ1n) is 7.10. The zero-order valence-corrected chi connectivity index (χ0v) is 13.6. The third-order valence-corrected chi connectivity index (χ3v) is 5.51. The van der Waals surface area contributed by atoms with Crippen molar-refractivity contribution in [1.29, 1.82) is 0 Å². The second-order valence-corrected chi connectivity index (χ2v) is 7.06. The molecule has 0 spiro atoms. The standard InChI is InChI=1S/C14H16F3NO5S/c1-22-13(19)12-4-2-3-9-18(12)24(20,21)11-7-5-10(6-8-11)23-14(15,16)17/h5-8,12H,2-4,9H2,1H3. The molecule has 10 heteroatoms. The van der Waals surface area contributed by atoms with E-state index >= 15 is 0 Å². The van der Waals surface area contributed by atoms with E-state index in [0.717, 1.165) is 28.6 Å². The summed E-state index contributed by atoms with van der Waals surface area (Å²) in [6.45, 7) is 0.142. The fourth-order valence-electron chi connectivity index (χ4n) is 2.51. The number of hydrogen-bond donors (Lipinski definition) is 0. The van der Waals surface area contributed by atoms with Crippen molar-refractivity contribution in [2.75, 3.05) is 13.7 Å². The predicted molar refractivity (Wildman–Crippen MR) is 76.7 cm³/mol. The molecule has 0 N–H and O–H groups in total. The highest BCUT2D eigenvalue weighted by Gasteiger charge is 2.38. The Balaban J connectivity index is 2.26. The van der Waals surface area contributed by atoms with Gasteiger partial charge in [-0.3, -0.25) is 4.79 Å². The molecule has 6 nitrogen and oxygen atoms in total. The fourth-order valence-corrected chi connectivity index (χ4v) is 4.16. The van der Waals surface area contributed by atoms with Gasteiger partial charge in [0, 0.05) is 6.54 Å². The summed E-state index contributed by atoms with van der Waals surface area (Å²) >= 11 is 0. The van der Waals surface area contributed by atoms with Gasteiger partial charge in [0.15, 0.2) is 0 Å². The Hall–Kier alpha value is -1.81. The lowest BCUT2D eigenvalue weighted by molar-refractivity contribution is -0.274. The molecule has 0 radical (unpaired) electrons. The first kappa shape index (κ1) is 18.5. The maximum absolute atomic E-state index is 12.7. The normalized spacial score (nSPS) is 19.8. The maximum atomic E-state index is 12.7. The van der Waals surface area contributed by atoms with E-state index in [1.807, 2.05) is 0 Å². The molecule has 0 saturated carbocycles. The second-order valence-electron chi connectivity index (χ2n) is 5.17. The van der Waals surface area contributed by atoms with Crippen LogP contribution in [0.25, 0.3) is 0 Å². The van der Waals surface area contributed by atoms with Crippen LogP contribution in [-0.4, -0.2) is 44.8 Å². The van der Waals surface area contributed by atoms with E-state index in [1.165, 1.54) is 7.11 Å². The van der Waals surface area contributed by atoms with Gasteiger partial charge in [0.25, 0.3) is 0 Å². The van der Waals surface area contributed by atoms with Crippen LogP contribution in [0, 0.1) is 0 Å². The molecule has 0 amide bonds. The summed E-state index contributed by atoms with van der Waals surface area (Å²) in [5.41, 5.74) is 0. The zero-order chi connectivity index (χ0) is 18.0. The maximum Gasteiger partial charge on any atom is 0.573 e. The average Bonchev–Trinajstić information content (AvgIpc) is 2.53. The number of carbonyl (C=O) groups excluding carboxylic acids is 1. The number of ether oxygens (including phenoxy) is 2. The molecular weight excluding hydrogens is 351 g/mol. The third-order valence-electron chi connectivity index (χ3n) is 3.59. The molecule has 0 bridgehead atoms. The third kappa shape index (κ3) is 4.18. The lowest BCUT2D eigenvalue weighted by atomic mass is 10.1. The monoisotopic (exact) mass is 367 g/mol. The van der Waals surface area contributed by atoms with Crippen LogP contribution < -0.4 is 4.74 Å². The summed E-state index contributed by atoms with van der Waals surface area (Å²) in [7, 11) is -2.86. The van der Waals surface area contributed by atoms with Crippen LogP contribution in [0.1, 0.15) is 19.3 Å². The first-order chi connectivity index (χ1) is 11.1. The van der Waals surface area contributed by atoms with E-state index < -0.39 is 34.1 Å². The number of alkyl halides is 3. The lowest BCUT2D eigenvalue weighted by Gasteiger charge is -2.32. The van der Waals surface area contributed by atoms with E-state index in [0.29, 0.717) is 19.3 Å². The van der Waals surface area contributed by atoms with Gasteiger partial charge >= 0.3 is 12.3 Å². The number of halogens is 3. The molecule has 1 fully saturated rings. The SMILES string of the molecule is COC(=O)C1CCCCN1S(=O)(=O)c1ccc(OC(F)(F)F)cc1. The topological polar surface area (TPSA) is 72.9 Å². The van der Waals surface area contributed by atoms with Gasteiger partial charge in [0.1, 0.15) is 11.8 Å². The van der Waals surface area contributed by atoms with Gasteiger partial charge < -0.3 is 9.47 Å². The van der Waals surface area contributed by atoms with Crippen LogP contribution in [-0.2, 0) is 19.6 Å². The average molecular weight is 367 g/mol. The van der Waals surface area contributed by atoms with Crippen molar-refractivity contribution in [2.24, 2.45) is 0 Å². The minimum atomic E-state index is -4.86. The highest BCUT2D eigenvalue weighted by molar-refractivity contribution is 7.89. The molecule has 1 heterocycles. The number of rotatable bonds is 4. The van der Waals surface area contributed by atoms with Crippen molar-refractivity contribution in [1.82, 2.24) is 4.31 Å². The van der Waals surface area contributed by atoms with Gasteiger partial charge in [0.2, 0.25) is 10.0 Å². The summed E-state index contributed by atoms with van der Waals surface area (Å²) in [5.74, 6) is -1.18. The van der Waals surface area contributed by atoms with Gasteiger partial charge in [0.05, 0.1) is 12.0 Å². The minimum absolute atomic E-state index is 0.142. The molecule has 1 aliphatic rings. The van der Waals surface area contributed by atoms with E-state index in [2.05, 4.69) is 9.47 Å². The van der Waals surface area contributed by atoms with Crippen molar-refractivity contribution in [3.05, 3.63) is 24.3 Å². The molecule has 1 saturated heterocycles. The molecule has 2 rings (SSSR count). The van der Waals surface area contributed by atoms with E-state index in [9.17, 15) is 26.4 Å². The first-order valence-corrected chi connectivity index (χ1v) is 8.54. The molecule has 1 aromatic carbocycles. The summed E-state index contributed by atoms with van der Waals surface area (Å²) in [4.78, 5) is 11.6. The van der Waals surface area contributed by atoms with Crippen molar-refractivity contribution in [3.8, 4) is 5.75 Å². The number of methoxy groups -OCH3 is 1. The molecular formula is C14H16F3NO5S. The highest BCUT2D eigenvalue weighted by Crippen LogP contribution is 2.28. The molecule has 134 valence electrons. The Morgan fingerprint density at radius 1 is 1.21 bits per heavy atom. The Bertz CT molecular complexity index is 687. The van der Waals surface area contributed by atoms with Crippen LogP contribution in [0.4, 0.5) is 13.2 Å². The summed E-state index contributed by atoms with van der Waals surface area (Å²) in [5, 5.41) is 0. The van der Waals surface area contributed by atoms with Gasteiger partial charge in [-0.2, -0.15) is 4.31 Å². The lowest BCUT2D eigenvalue weighted by Crippen LogP contribution is -2.48. The van der Waals surface area contributed by atoms with E-state index in [1.54, 1.807) is 0 Å². The molecule has 0 aromatic heterocycles. The number of nitrogens with zero attached hydrogens (tertiary/aromatic N) is 1. The second kappa shape index (κ2) is 6.98. The predicted octanol–water partition coefficient (Wildman–Crippen LogP) is 2.30. The summed E-state index contributed by atoms with van der Waals surface area (Å²) in [6, 6.07) is 2.92. The molecule has 1 aromatic rings. The highest BCUT2D eigenvalue weighted by atomic mass is 32.2. The summed E-state index contributed by atoms with van der Waals surface area (Å²) in [6.07, 6.45) is -3.25. The van der Waals surface area contributed by atoms with Crippen molar-refractivity contribution < 1.29 is 35.9 Å². The number of sulfonamides is 1. The quantitative estimate of drug-likeness (QED) is 0.764. The van der Waals surface area contributed by atoms with Crippen LogP contribution in [0.5, 0.6) is 5.75 Å². The van der Waals surface area contributed by atoms with Crippen LogP contribution in [0.2, 0.25) is 0 Å². The molecule has 1 unspecified atom stereocenters. The van der Waals surface area contributed by atoms with Gasteiger partial charge in [-0.05, 0) is 43.5 Å². The molecule has 1 aliphatic heterocycles. The minimum Gasteiger partial charge on any atom is -0.468 e. The van der Waals surface area contributed by atoms with Crippen LogP contribution >= 0.6 is 0 Å². The Morgan fingerprint density at radius 2 is 1.83 bits per heavy atom. The Labute approximate surface area is 137 Å². The fraction of sp³-hybridized carbons (Fsp3) is 0.500. The number of hydrogen-bond acceptors (Lipinski definition) is 5. The largest absolute Gasteiger partial charge is 0.573 e. The van der Waals surface area contributed by atoms with Crippen LogP contribution in [0.3, 0.4) is 0 Å². The number of piperidine rings is 1. The van der Waals surface area contributed by atoms with Crippen molar-refractivity contribution >= 4 is 16.0 Å². The van der Waals surface area contributed by atoms with E-state index in [-0.39, 0.29) is 11.4 Å². The Morgan fingerprint density at radius 3 is 2.38 bits per heavy atom. The molecule has 0 aliphatic carbocycles.